The van der Waals surface area contributed by atoms with Gasteiger partial charge in [0.15, 0.2) is 11.6 Å². The summed E-state index contributed by atoms with van der Waals surface area (Å²) in [5.74, 6) is -0.714. The highest BCUT2D eigenvalue weighted by Crippen LogP contribution is 2.22. The Labute approximate surface area is 97.8 Å². The summed E-state index contributed by atoms with van der Waals surface area (Å²) in [4.78, 5) is 8.57. The lowest BCUT2D eigenvalue weighted by atomic mass is 10.3. The molecule has 5 nitrogen and oxygen atoms in total. The van der Waals surface area contributed by atoms with Gasteiger partial charge in [0.25, 0.3) is 0 Å². The minimum atomic E-state index is -0.927. The summed E-state index contributed by atoms with van der Waals surface area (Å²) in [6, 6.07) is 0. The first-order chi connectivity index (χ1) is 8.22. The van der Waals surface area contributed by atoms with Gasteiger partial charge in [0.2, 0.25) is 5.82 Å². The maximum Gasteiger partial charge on any atom is 0.312 e. The van der Waals surface area contributed by atoms with E-state index in [2.05, 4.69) is 15.3 Å². The van der Waals surface area contributed by atoms with E-state index in [0.717, 1.165) is 0 Å². The van der Waals surface area contributed by atoms with Gasteiger partial charge in [-0.05, 0) is 6.92 Å². The fourth-order valence-corrected chi connectivity index (χ4v) is 1.68. The summed E-state index contributed by atoms with van der Waals surface area (Å²) in [6.45, 7) is 4.23. The average molecular weight is 244 g/mol. The molecule has 1 N–H and O–H groups in total. The minimum absolute atomic E-state index is 0.00301. The van der Waals surface area contributed by atoms with Crippen molar-refractivity contribution in [3.8, 4) is 0 Å². The van der Waals surface area contributed by atoms with Crippen molar-refractivity contribution in [1.29, 1.82) is 0 Å². The molecule has 1 aliphatic heterocycles. The van der Waals surface area contributed by atoms with Gasteiger partial charge in [0, 0.05) is 19.6 Å². The average Bonchev–Trinajstić information content (AvgIpc) is 2.35. The first-order valence-electron chi connectivity index (χ1n) is 5.52. The maximum atomic E-state index is 14.0. The molecule has 2 rings (SSSR count). The zero-order valence-electron chi connectivity index (χ0n) is 9.54. The fourth-order valence-electron chi connectivity index (χ4n) is 1.68. The monoisotopic (exact) mass is 244 g/mol. The van der Waals surface area contributed by atoms with E-state index < -0.39 is 11.9 Å². The molecule has 1 aromatic rings. The van der Waals surface area contributed by atoms with Crippen LogP contribution in [-0.4, -0.2) is 42.8 Å². The summed E-state index contributed by atoms with van der Waals surface area (Å²) in [7, 11) is 0. The van der Waals surface area contributed by atoms with E-state index in [-0.39, 0.29) is 11.6 Å². The van der Waals surface area contributed by atoms with E-state index in [4.69, 9.17) is 4.74 Å². The van der Waals surface area contributed by atoms with E-state index in [1.807, 2.05) is 0 Å². The highest BCUT2D eigenvalue weighted by molar-refractivity contribution is 5.51. The van der Waals surface area contributed by atoms with Crippen LogP contribution < -0.4 is 10.2 Å². The third-order valence-electron chi connectivity index (χ3n) is 2.46. The molecule has 0 spiro atoms. The topological polar surface area (TPSA) is 50.3 Å². The normalized spacial score (nSPS) is 16.1. The third-order valence-corrected chi connectivity index (χ3v) is 2.46. The molecule has 7 heteroatoms. The lowest BCUT2D eigenvalue weighted by Crippen LogP contribution is -2.37. The molecule has 0 atom stereocenters. The van der Waals surface area contributed by atoms with Crippen LogP contribution in [0.2, 0.25) is 0 Å². The predicted octanol–water partition coefficient (Wildman–Crippen LogP) is 1.02. The molecule has 94 valence electrons. The molecule has 0 amide bonds. The minimum Gasteiger partial charge on any atom is -0.378 e. The quantitative estimate of drug-likeness (QED) is 0.805. The highest BCUT2D eigenvalue weighted by atomic mass is 19.1. The van der Waals surface area contributed by atoms with E-state index in [9.17, 15) is 8.78 Å². The first kappa shape index (κ1) is 12.0. The van der Waals surface area contributed by atoms with Crippen LogP contribution in [0.15, 0.2) is 0 Å². The number of hydrogen-bond acceptors (Lipinski definition) is 5. The third kappa shape index (κ3) is 2.60. The molecule has 2 heterocycles. The molecule has 1 aliphatic rings. The molecule has 1 saturated heterocycles. The molecule has 17 heavy (non-hydrogen) atoms. The van der Waals surface area contributed by atoms with Crippen LogP contribution in [-0.2, 0) is 4.74 Å². The Morgan fingerprint density at radius 3 is 2.65 bits per heavy atom. The lowest BCUT2D eigenvalue weighted by Gasteiger charge is -2.28. The van der Waals surface area contributed by atoms with Gasteiger partial charge < -0.3 is 15.0 Å². The number of rotatable bonds is 3. The maximum absolute atomic E-state index is 14.0. The molecule has 0 bridgehead atoms. The van der Waals surface area contributed by atoms with Crippen LogP contribution in [0.3, 0.4) is 0 Å². The summed E-state index contributed by atoms with van der Waals surface area (Å²) in [5, 5.41) is 2.67. The zero-order chi connectivity index (χ0) is 12.3. The SMILES string of the molecule is CCNc1nc(F)nc(N2CCOCC2)c1F. The van der Waals surface area contributed by atoms with E-state index in [1.165, 1.54) is 0 Å². The van der Waals surface area contributed by atoms with Gasteiger partial charge in [-0.3, -0.25) is 0 Å². The van der Waals surface area contributed by atoms with Crippen molar-refractivity contribution in [3.05, 3.63) is 11.9 Å². The Kier molecular flexibility index (Phi) is 3.68. The van der Waals surface area contributed by atoms with Crippen LogP contribution in [0.5, 0.6) is 0 Å². The first-order valence-corrected chi connectivity index (χ1v) is 5.52. The molecule has 0 saturated carbocycles. The molecule has 0 unspecified atom stereocenters. The summed E-state index contributed by atoms with van der Waals surface area (Å²) in [6.07, 6.45) is -0.927. The van der Waals surface area contributed by atoms with Crippen LogP contribution in [0.4, 0.5) is 20.4 Å². The molecule has 0 radical (unpaired) electrons. The second-order valence-corrected chi connectivity index (χ2v) is 3.61. The largest absolute Gasteiger partial charge is 0.378 e. The Balaban J connectivity index is 2.31. The number of morpholine rings is 1. The van der Waals surface area contributed by atoms with Crippen LogP contribution in [0.1, 0.15) is 6.92 Å². The van der Waals surface area contributed by atoms with Crippen molar-refractivity contribution in [2.45, 2.75) is 6.92 Å². The van der Waals surface area contributed by atoms with Crippen LogP contribution >= 0.6 is 0 Å². The Morgan fingerprint density at radius 1 is 1.29 bits per heavy atom. The molecule has 0 aromatic carbocycles. The number of anilines is 2. The number of nitrogens with zero attached hydrogens (tertiary/aromatic N) is 3. The predicted molar refractivity (Wildman–Crippen MR) is 59.1 cm³/mol. The van der Waals surface area contributed by atoms with Gasteiger partial charge in [0.1, 0.15) is 0 Å². The Bertz CT molecular complexity index is 396. The summed E-state index contributed by atoms with van der Waals surface area (Å²) >= 11 is 0. The smallest absolute Gasteiger partial charge is 0.312 e. The molecular formula is C10H14F2N4O. The molecule has 0 aliphatic carbocycles. The van der Waals surface area contributed by atoms with Gasteiger partial charge >= 0.3 is 6.08 Å². The second kappa shape index (κ2) is 5.22. The summed E-state index contributed by atoms with van der Waals surface area (Å²) < 4.78 is 32.3. The Hall–Kier alpha value is -1.50. The number of halogens is 2. The van der Waals surface area contributed by atoms with Crippen molar-refractivity contribution in [3.63, 3.8) is 0 Å². The Morgan fingerprint density at radius 2 is 2.00 bits per heavy atom. The van der Waals surface area contributed by atoms with Crippen molar-refractivity contribution < 1.29 is 13.5 Å². The number of hydrogen-bond donors (Lipinski definition) is 1. The molecule has 1 aromatic heterocycles. The van der Waals surface area contributed by atoms with Crippen LogP contribution in [0, 0.1) is 11.9 Å². The molecular weight excluding hydrogens is 230 g/mol. The fraction of sp³-hybridized carbons (Fsp3) is 0.600. The van der Waals surface area contributed by atoms with Crippen molar-refractivity contribution >= 4 is 11.6 Å². The number of ether oxygens (including phenoxy) is 1. The van der Waals surface area contributed by atoms with E-state index in [1.54, 1.807) is 11.8 Å². The second-order valence-electron chi connectivity index (χ2n) is 3.61. The van der Waals surface area contributed by atoms with Gasteiger partial charge in [0.05, 0.1) is 13.2 Å². The van der Waals surface area contributed by atoms with Crippen LogP contribution in [0.25, 0.3) is 0 Å². The van der Waals surface area contributed by atoms with Gasteiger partial charge in [-0.2, -0.15) is 18.7 Å². The number of nitrogens with one attached hydrogen (secondary N) is 1. The standard InChI is InChI=1S/C10H14F2N4O/c1-2-13-8-7(11)9(15-10(12)14-8)16-3-5-17-6-4-16/h2-6H2,1H3,(H,13,14,15). The van der Waals surface area contributed by atoms with Crippen molar-refractivity contribution in [1.82, 2.24) is 9.97 Å². The summed E-state index contributed by atoms with van der Waals surface area (Å²) in [5.41, 5.74) is 0. The zero-order valence-corrected chi connectivity index (χ0v) is 9.54. The van der Waals surface area contributed by atoms with E-state index >= 15 is 0 Å². The number of aromatic nitrogens is 2. The van der Waals surface area contributed by atoms with E-state index in [0.29, 0.717) is 32.8 Å². The van der Waals surface area contributed by atoms with Crippen molar-refractivity contribution in [2.75, 3.05) is 43.1 Å². The highest BCUT2D eigenvalue weighted by Gasteiger charge is 2.21. The lowest BCUT2D eigenvalue weighted by molar-refractivity contribution is 0.122. The molecule has 1 fully saturated rings. The van der Waals surface area contributed by atoms with Crippen molar-refractivity contribution in [2.24, 2.45) is 0 Å². The van der Waals surface area contributed by atoms with Gasteiger partial charge in [-0.15, -0.1) is 0 Å². The van der Waals surface area contributed by atoms with Gasteiger partial charge in [-0.1, -0.05) is 0 Å². The van der Waals surface area contributed by atoms with Gasteiger partial charge in [-0.25, -0.2) is 0 Å².